The third kappa shape index (κ3) is 2.47. The van der Waals surface area contributed by atoms with E-state index in [4.69, 9.17) is 4.74 Å². The van der Waals surface area contributed by atoms with Gasteiger partial charge in [0, 0.05) is 11.1 Å². The average molecular weight is 284 g/mol. The van der Waals surface area contributed by atoms with Gasteiger partial charge in [-0.15, -0.1) is 0 Å². The van der Waals surface area contributed by atoms with Crippen molar-refractivity contribution in [3.63, 3.8) is 0 Å². The van der Waals surface area contributed by atoms with E-state index < -0.39 is 0 Å². The molecule has 1 saturated heterocycles. The number of ether oxygens (including phenoxy) is 1. The molecule has 0 saturated carbocycles. The second-order valence-electron chi connectivity index (χ2n) is 4.18. The van der Waals surface area contributed by atoms with Crippen molar-refractivity contribution in [1.29, 1.82) is 0 Å². The fourth-order valence-electron chi connectivity index (χ4n) is 2.38. The molecular weight excluding hydrogens is 266 g/mol. The lowest BCUT2D eigenvalue weighted by molar-refractivity contribution is -0.0655. The number of hydrogen-bond donors (Lipinski definition) is 1. The molecular formula is C13H18BrNO. The second-order valence-corrected chi connectivity index (χ2v) is 5.10. The Balaban J connectivity index is 2.26. The number of nitrogens with one attached hydrogen (secondary N) is 1. The summed E-state index contributed by atoms with van der Waals surface area (Å²) in [7, 11) is 0. The van der Waals surface area contributed by atoms with Crippen molar-refractivity contribution in [3.05, 3.63) is 34.3 Å². The van der Waals surface area contributed by atoms with Gasteiger partial charge in [0.2, 0.25) is 0 Å². The van der Waals surface area contributed by atoms with Crippen molar-refractivity contribution in [3.8, 4) is 0 Å². The van der Waals surface area contributed by atoms with Crippen LogP contribution >= 0.6 is 15.9 Å². The summed E-state index contributed by atoms with van der Waals surface area (Å²) in [5.74, 6) is 0. The highest BCUT2D eigenvalue weighted by molar-refractivity contribution is 9.10. The molecule has 2 rings (SSSR count). The zero-order valence-corrected chi connectivity index (χ0v) is 11.2. The Morgan fingerprint density at radius 3 is 2.44 bits per heavy atom. The summed E-state index contributed by atoms with van der Waals surface area (Å²) in [5.41, 5.74) is 1.24. The topological polar surface area (TPSA) is 21.3 Å². The Bertz CT molecular complexity index is 325. The van der Waals surface area contributed by atoms with Crippen LogP contribution in [-0.2, 0) is 10.3 Å². The fraction of sp³-hybridized carbons (Fsp3) is 0.538. The Morgan fingerprint density at radius 1 is 1.25 bits per heavy atom. The normalized spacial score (nSPS) is 19.6. The molecule has 1 heterocycles. The van der Waals surface area contributed by atoms with Gasteiger partial charge in [-0.3, -0.25) is 0 Å². The molecule has 2 nitrogen and oxygen atoms in total. The highest BCUT2D eigenvalue weighted by Crippen LogP contribution is 2.35. The molecule has 88 valence electrons. The summed E-state index contributed by atoms with van der Waals surface area (Å²) in [4.78, 5) is 0. The zero-order valence-electron chi connectivity index (χ0n) is 9.63. The Kier molecular flexibility index (Phi) is 4.00. The number of piperidine rings is 1. The molecule has 0 aliphatic carbocycles. The molecule has 0 spiro atoms. The van der Waals surface area contributed by atoms with Crippen LogP contribution < -0.4 is 5.32 Å². The fourth-order valence-corrected chi connectivity index (χ4v) is 2.64. The SMILES string of the molecule is CCOC1(c2ccc(Br)cc2)CCNCC1. The minimum atomic E-state index is -0.0687. The first kappa shape index (κ1) is 12.1. The van der Waals surface area contributed by atoms with Crippen LogP contribution in [0.15, 0.2) is 28.7 Å². The molecule has 1 aliphatic heterocycles. The first-order valence-electron chi connectivity index (χ1n) is 5.87. The van der Waals surface area contributed by atoms with Gasteiger partial charge in [-0.05, 0) is 50.6 Å². The van der Waals surface area contributed by atoms with Crippen molar-refractivity contribution >= 4 is 15.9 Å². The maximum Gasteiger partial charge on any atom is 0.0955 e. The number of hydrogen-bond acceptors (Lipinski definition) is 2. The second kappa shape index (κ2) is 5.30. The van der Waals surface area contributed by atoms with Crippen molar-refractivity contribution in [2.45, 2.75) is 25.4 Å². The summed E-state index contributed by atoms with van der Waals surface area (Å²) in [5, 5.41) is 3.39. The van der Waals surface area contributed by atoms with Crippen LogP contribution in [0.5, 0.6) is 0 Å². The highest BCUT2D eigenvalue weighted by atomic mass is 79.9. The summed E-state index contributed by atoms with van der Waals surface area (Å²) in [6, 6.07) is 8.53. The molecule has 3 heteroatoms. The van der Waals surface area contributed by atoms with Gasteiger partial charge in [-0.1, -0.05) is 28.1 Å². The minimum absolute atomic E-state index is 0.0687. The van der Waals surface area contributed by atoms with E-state index >= 15 is 0 Å². The maximum absolute atomic E-state index is 6.04. The van der Waals surface area contributed by atoms with Crippen molar-refractivity contribution in [1.82, 2.24) is 5.32 Å². The van der Waals surface area contributed by atoms with Gasteiger partial charge in [-0.25, -0.2) is 0 Å². The van der Waals surface area contributed by atoms with Gasteiger partial charge >= 0.3 is 0 Å². The van der Waals surface area contributed by atoms with Crippen LogP contribution in [0.25, 0.3) is 0 Å². The Hall–Kier alpha value is -0.380. The van der Waals surface area contributed by atoms with E-state index in [1.165, 1.54) is 5.56 Å². The van der Waals surface area contributed by atoms with E-state index in [-0.39, 0.29) is 5.60 Å². The first-order chi connectivity index (χ1) is 7.77. The van der Waals surface area contributed by atoms with Crippen molar-refractivity contribution < 1.29 is 4.74 Å². The van der Waals surface area contributed by atoms with Gasteiger partial charge in [0.25, 0.3) is 0 Å². The molecule has 1 aromatic rings. The third-order valence-corrected chi connectivity index (χ3v) is 3.73. The van der Waals surface area contributed by atoms with Crippen molar-refractivity contribution in [2.24, 2.45) is 0 Å². The molecule has 16 heavy (non-hydrogen) atoms. The van der Waals surface area contributed by atoms with Crippen LogP contribution in [0, 0.1) is 0 Å². The molecule has 0 amide bonds. The molecule has 0 bridgehead atoms. The number of halogens is 1. The molecule has 1 N–H and O–H groups in total. The van der Waals surface area contributed by atoms with Gasteiger partial charge < -0.3 is 10.1 Å². The van der Waals surface area contributed by atoms with E-state index in [1.54, 1.807) is 0 Å². The predicted octanol–water partition coefficient (Wildman–Crippen LogP) is 3.06. The molecule has 0 aromatic heterocycles. The summed E-state index contributed by atoms with van der Waals surface area (Å²) in [6.07, 6.45) is 2.12. The lowest BCUT2D eigenvalue weighted by Crippen LogP contribution is -2.41. The standard InChI is InChI=1S/C13H18BrNO/c1-2-16-13(7-9-15-10-8-13)11-3-5-12(14)6-4-11/h3-6,15H,2,7-10H2,1H3. The molecule has 1 aliphatic rings. The third-order valence-electron chi connectivity index (χ3n) is 3.20. The van der Waals surface area contributed by atoms with E-state index in [0.29, 0.717) is 0 Å². The van der Waals surface area contributed by atoms with E-state index in [0.717, 1.165) is 37.0 Å². The molecule has 0 atom stereocenters. The lowest BCUT2D eigenvalue weighted by atomic mass is 9.85. The van der Waals surface area contributed by atoms with Crippen LogP contribution in [0.2, 0.25) is 0 Å². The summed E-state index contributed by atoms with van der Waals surface area (Å²) in [6.45, 7) is 4.92. The minimum Gasteiger partial charge on any atom is -0.370 e. The molecule has 0 radical (unpaired) electrons. The quantitative estimate of drug-likeness (QED) is 0.921. The summed E-state index contributed by atoms with van der Waals surface area (Å²) < 4.78 is 7.16. The van der Waals surface area contributed by atoms with Crippen LogP contribution in [0.3, 0.4) is 0 Å². The monoisotopic (exact) mass is 283 g/mol. The van der Waals surface area contributed by atoms with E-state index in [1.807, 2.05) is 0 Å². The van der Waals surface area contributed by atoms with Crippen LogP contribution in [-0.4, -0.2) is 19.7 Å². The summed E-state index contributed by atoms with van der Waals surface area (Å²) >= 11 is 3.47. The maximum atomic E-state index is 6.04. The molecule has 1 fully saturated rings. The highest BCUT2D eigenvalue weighted by Gasteiger charge is 2.34. The Labute approximate surface area is 106 Å². The van der Waals surface area contributed by atoms with Crippen molar-refractivity contribution in [2.75, 3.05) is 19.7 Å². The van der Waals surface area contributed by atoms with Crippen LogP contribution in [0.4, 0.5) is 0 Å². The largest absolute Gasteiger partial charge is 0.370 e. The average Bonchev–Trinajstić information content (AvgIpc) is 2.31. The van der Waals surface area contributed by atoms with E-state index in [2.05, 4.69) is 52.4 Å². The Morgan fingerprint density at radius 2 is 1.88 bits per heavy atom. The smallest absolute Gasteiger partial charge is 0.0955 e. The number of rotatable bonds is 3. The van der Waals surface area contributed by atoms with Gasteiger partial charge in [0.15, 0.2) is 0 Å². The van der Waals surface area contributed by atoms with E-state index in [9.17, 15) is 0 Å². The number of benzene rings is 1. The molecule has 0 unspecified atom stereocenters. The predicted molar refractivity (Wildman–Crippen MR) is 69.5 cm³/mol. The van der Waals surface area contributed by atoms with Gasteiger partial charge in [0.1, 0.15) is 0 Å². The first-order valence-corrected chi connectivity index (χ1v) is 6.67. The van der Waals surface area contributed by atoms with Gasteiger partial charge in [-0.2, -0.15) is 0 Å². The van der Waals surface area contributed by atoms with Gasteiger partial charge in [0.05, 0.1) is 5.60 Å². The lowest BCUT2D eigenvalue weighted by Gasteiger charge is -2.38. The van der Waals surface area contributed by atoms with Crippen LogP contribution in [0.1, 0.15) is 25.3 Å². The zero-order chi connectivity index (χ0) is 11.4. The molecule has 1 aromatic carbocycles.